The average Bonchev–Trinajstić information content (AvgIpc) is 3.18. The largest absolute Gasteiger partial charge is 1.00 e. The molecular formula is C27H46NNaO6S. The molecule has 36 heavy (non-hydrogen) atoms. The maximum absolute atomic E-state index is 12.2. The first-order valence-electron chi connectivity index (χ1n) is 15.8. The van der Waals surface area contributed by atoms with E-state index >= 15 is 0 Å². The van der Waals surface area contributed by atoms with E-state index in [0.717, 1.165) is 25.7 Å². The Bertz CT molecular complexity index is 1080. The van der Waals surface area contributed by atoms with Crippen molar-refractivity contribution in [2.45, 2.75) is 104 Å². The van der Waals surface area contributed by atoms with E-state index < -0.39 is 59.2 Å². The van der Waals surface area contributed by atoms with Gasteiger partial charge in [-0.15, -0.1) is 0 Å². The number of nitrogens with one attached hydrogen (secondary N) is 1. The SMILES string of the molecule is [2H]C([2H])([2H])C([2H])([2H])[C@H]1[C@@H](O)[C@@H]2[C@H](CC[C@]3(C)[C@@H]([C@H](C)CCC(=O)NCS(=O)(=O)[O-])CC[C@@H]23)[C@@]2(C)CCC(O)C[C@@H]12.[Na+]. The maximum atomic E-state index is 12.2. The van der Waals surface area contributed by atoms with E-state index in [9.17, 15) is 28.0 Å². The number of carbonyl (C=O) groups excluding carboxylic acids is 1. The smallest absolute Gasteiger partial charge is 0.747 e. The number of fused-ring (bicyclic) bond motifs is 5. The molecule has 1 amide bonds. The van der Waals surface area contributed by atoms with Crippen LogP contribution in [0, 0.1) is 52.3 Å². The van der Waals surface area contributed by atoms with E-state index in [1.54, 1.807) is 0 Å². The first-order chi connectivity index (χ1) is 18.2. The topological polar surface area (TPSA) is 127 Å². The molecule has 0 aromatic carbocycles. The minimum absolute atomic E-state index is 0. The van der Waals surface area contributed by atoms with Crippen LogP contribution in [0.5, 0.6) is 0 Å². The fraction of sp³-hybridized carbons (Fsp3) is 0.963. The molecule has 0 bridgehead atoms. The van der Waals surface area contributed by atoms with Crippen molar-refractivity contribution in [3.63, 3.8) is 0 Å². The second kappa shape index (κ2) is 11.4. The van der Waals surface area contributed by atoms with Gasteiger partial charge in [0.1, 0.15) is 16.0 Å². The molecule has 0 saturated heterocycles. The number of hydrogen-bond acceptors (Lipinski definition) is 6. The van der Waals surface area contributed by atoms with Gasteiger partial charge in [-0.1, -0.05) is 34.0 Å². The summed E-state index contributed by atoms with van der Waals surface area (Å²) in [4.78, 5) is 12.2. The summed E-state index contributed by atoms with van der Waals surface area (Å²) in [5.74, 6) is -2.65. The van der Waals surface area contributed by atoms with Crippen molar-refractivity contribution in [3.8, 4) is 0 Å². The molecule has 9 heteroatoms. The van der Waals surface area contributed by atoms with E-state index in [0.29, 0.717) is 25.7 Å². The second-order valence-electron chi connectivity index (χ2n) is 12.5. The Morgan fingerprint density at radius 1 is 1.14 bits per heavy atom. The Hall–Kier alpha value is 0.300. The molecule has 202 valence electrons. The molecule has 4 rings (SSSR count). The van der Waals surface area contributed by atoms with E-state index in [2.05, 4.69) is 26.1 Å². The second-order valence-corrected chi connectivity index (χ2v) is 13.9. The number of hydrogen-bond donors (Lipinski definition) is 3. The van der Waals surface area contributed by atoms with Crippen LogP contribution in [-0.4, -0.2) is 47.2 Å². The molecule has 4 aliphatic rings. The summed E-state index contributed by atoms with van der Waals surface area (Å²) in [7, 11) is -4.54. The molecule has 0 aromatic rings. The standard InChI is InChI=1S/C27H47NO6S.Na/c1-5-18-22-14-17(29)10-12-27(22,4)21-11-13-26(3)19(7-8-20(26)24(21)25(18)31)16(2)6-9-23(30)28-15-35(32,33)34;/h16-22,24-25,29,31H,5-15H2,1-4H3,(H,28,30)(H,32,33,34);/q;+1/p-1/t16-,17?,18-,19-,20+,21+,22+,24+,25-,26-,27-;/m1./s1/i1D3,5D2;. The summed E-state index contributed by atoms with van der Waals surface area (Å²) in [5, 5.41) is 24.7. The molecule has 0 aliphatic heterocycles. The molecular weight excluding hydrogens is 489 g/mol. The quantitative estimate of drug-likeness (QED) is 0.322. The first kappa shape index (κ1) is 24.1. The van der Waals surface area contributed by atoms with Gasteiger partial charge in [0.25, 0.3) is 0 Å². The van der Waals surface area contributed by atoms with Gasteiger partial charge < -0.3 is 20.1 Å². The first-order valence-corrected chi connectivity index (χ1v) is 14.9. The van der Waals surface area contributed by atoms with Gasteiger partial charge in [0.05, 0.1) is 12.2 Å². The number of carbonyl (C=O) groups is 1. The van der Waals surface area contributed by atoms with E-state index in [4.69, 9.17) is 6.85 Å². The van der Waals surface area contributed by atoms with Crippen LogP contribution in [0.3, 0.4) is 0 Å². The van der Waals surface area contributed by atoms with Crippen LogP contribution in [0.1, 0.15) is 98.6 Å². The summed E-state index contributed by atoms with van der Waals surface area (Å²) >= 11 is 0. The molecule has 0 heterocycles. The molecule has 1 unspecified atom stereocenters. The molecule has 0 spiro atoms. The van der Waals surface area contributed by atoms with Gasteiger partial charge in [0, 0.05) is 13.3 Å². The molecule has 4 fully saturated rings. The van der Waals surface area contributed by atoms with E-state index in [1.165, 1.54) is 0 Å². The zero-order chi connectivity index (χ0) is 30.1. The third-order valence-corrected chi connectivity index (χ3v) is 11.5. The zero-order valence-corrected chi connectivity index (χ0v) is 25.0. The molecule has 4 aliphatic carbocycles. The van der Waals surface area contributed by atoms with Crippen LogP contribution >= 0.6 is 0 Å². The Morgan fingerprint density at radius 2 is 1.81 bits per heavy atom. The summed E-state index contributed by atoms with van der Waals surface area (Å²) in [6, 6.07) is 0. The minimum Gasteiger partial charge on any atom is -0.747 e. The van der Waals surface area contributed by atoms with Crippen molar-refractivity contribution in [1.82, 2.24) is 5.32 Å². The molecule has 4 saturated carbocycles. The van der Waals surface area contributed by atoms with Gasteiger partial charge in [-0.3, -0.25) is 4.79 Å². The van der Waals surface area contributed by atoms with Crippen LogP contribution in [-0.2, 0) is 14.9 Å². The monoisotopic (exact) mass is 540 g/mol. The summed E-state index contributed by atoms with van der Waals surface area (Å²) < 4.78 is 74.1. The summed E-state index contributed by atoms with van der Waals surface area (Å²) in [6.45, 7) is 3.53. The minimum atomic E-state index is -4.54. The van der Waals surface area contributed by atoms with Gasteiger partial charge in [-0.25, -0.2) is 8.42 Å². The molecule has 11 atom stereocenters. The number of rotatable bonds is 7. The fourth-order valence-electron chi connectivity index (χ4n) is 9.26. The van der Waals surface area contributed by atoms with Crippen molar-refractivity contribution in [2.24, 2.45) is 52.3 Å². The van der Waals surface area contributed by atoms with Gasteiger partial charge in [-0.2, -0.15) is 0 Å². The zero-order valence-electron chi connectivity index (χ0n) is 27.2. The Kier molecular flexibility index (Phi) is 7.65. The van der Waals surface area contributed by atoms with Gasteiger partial charge in [0.2, 0.25) is 5.91 Å². The van der Waals surface area contributed by atoms with Crippen molar-refractivity contribution in [1.29, 1.82) is 0 Å². The molecule has 3 N–H and O–H groups in total. The van der Waals surface area contributed by atoms with Gasteiger partial charge in [0.15, 0.2) is 0 Å². The Balaban J connectivity index is 0.00000462. The number of aliphatic hydroxyl groups excluding tert-OH is 2. The molecule has 0 radical (unpaired) electrons. The molecule has 0 aromatic heterocycles. The normalized spacial score (nSPS) is 47.8. The Labute approximate surface area is 247 Å². The summed E-state index contributed by atoms with van der Waals surface area (Å²) in [5.41, 5.74) is -0.553. The van der Waals surface area contributed by atoms with E-state index in [-0.39, 0.29) is 76.4 Å². The van der Waals surface area contributed by atoms with Crippen molar-refractivity contribution in [2.75, 3.05) is 5.88 Å². The summed E-state index contributed by atoms with van der Waals surface area (Å²) in [6.07, 6.45) is 1.29. The number of aliphatic hydroxyl groups is 2. The van der Waals surface area contributed by atoms with Gasteiger partial charge in [-0.05, 0) is 104 Å². The van der Waals surface area contributed by atoms with Crippen LogP contribution in [0.25, 0.3) is 0 Å². The Morgan fingerprint density at radius 3 is 2.47 bits per heavy atom. The molecule has 7 nitrogen and oxygen atoms in total. The van der Waals surface area contributed by atoms with Crippen LogP contribution in [0.2, 0.25) is 0 Å². The third-order valence-electron chi connectivity index (χ3n) is 11.0. The predicted molar refractivity (Wildman–Crippen MR) is 133 cm³/mol. The predicted octanol–water partition coefficient (Wildman–Crippen LogP) is 0.652. The van der Waals surface area contributed by atoms with Gasteiger partial charge >= 0.3 is 29.6 Å². The average molecular weight is 541 g/mol. The third kappa shape index (κ3) is 5.62. The maximum Gasteiger partial charge on any atom is 1.00 e. The van der Waals surface area contributed by atoms with Crippen LogP contribution < -0.4 is 34.9 Å². The van der Waals surface area contributed by atoms with Crippen LogP contribution in [0.15, 0.2) is 0 Å². The fourth-order valence-corrected chi connectivity index (χ4v) is 9.59. The van der Waals surface area contributed by atoms with Crippen molar-refractivity contribution in [3.05, 3.63) is 0 Å². The van der Waals surface area contributed by atoms with E-state index in [1.807, 2.05) is 0 Å². The van der Waals surface area contributed by atoms with Crippen molar-refractivity contribution < 1.29 is 64.4 Å². The van der Waals surface area contributed by atoms with Crippen molar-refractivity contribution >= 4 is 16.0 Å². The number of amides is 1. The van der Waals surface area contributed by atoms with Crippen LogP contribution in [0.4, 0.5) is 0 Å².